The Balaban J connectivity index is 2.25. The van der Waals surface area contributed by atoms with Crippen LogP contribution in [0.15, 0.2) is 24.3 Å². The predicted molar refractivity (Wildman–Crippen MR) is 62.7 cm³/mol. The Hall–Kier alpha value is -1.09. The van der Waals surface area contributed by atoms with E-state index in [1.54, 1.807) is 0 Å². The minimum atomic E-state index is 0.553. The number of hydrogen-bond acceptors (Lipinski definition) is 2. The summed E-state index contributed by atoms with van der Waals surface area (Å²) in [6.07, 6.45) is 1.63. The molecule has 0 aliphatic carbocycles. The average Bonchev–Trinajstić information content (AvgIpc) is 2.15. The highest BCUT2D eigenvalue weighted by molar-refractivity contribution is 7.80. The molecule has 3 heteroatoms. The third-order valence-electron chi connectivity index (χ3n) is 1.86. The van der Waals surface area contributed by atoms with Crippen molar-refractivity contribution in [3.8, 4) is 5.75 Å². The maximum Gasteiger partial charge on any atom is 0.119 e. The fraction of sp³-hybridized carbons (Fsp3) is 0.364. The van der Waals surface area contributed by atoms with E-state index in [1.807, 2.05) is 24.3 Å². The van der Waals surface area contributed by atoms with Gasteiger partial charge in [-0.25, -0.2) is 0 Å². The Kier molecular flexibility index (Phi) is 4.40. The van der Waals surface area contributed by atoms with Gasteiger partial charge in [0.2, 0.25) is 0 Å². The average molecular weight is 209 g/mol. The van der Waals surface area contributed by atoms with Crippen LogP contribution in [0, 0.1) is 6.92 Å². The fourth-order valence-corrected chi connectivity index (χ4v) is 1.22. The highest BCUT2D eigenvalue weighted by Crippen LogP contribution is 2.11. The van der Waals surface area contributed by atoms with Crippen molar-refractivity contribution in [3.05, 3.63) is 29.8 Å². The van der Waals surface area contributed by atoms with Crippen LogP contribution >= 0.6 is 12.2 Å². The van der Waals surface area contributed by atoms with Gasteiger partial charge in [0.15, 0.2) is 0 Å². The number of ether oxygens (including phenoxy) is 1. The zero-order chi connectivity index (χ0) is 10.4. The minimum Gasteiger partial charge on any atom is -0.494 e. The van der Waals surface area contributed by atoms with Gasteiger partial charge in [0.05, 0.1) is 11.6 Å². The first-order chi connectivity index (χ1) is 6.68. The molecule has 0 amide bonds. The van der Waals surface area contributed by atoms with Crippen LogP contribution in [0.4, 0.5) is 0 Å². The van der Waals surface area contributed by atoms with Crippen LogP contribution in [-0.4, -0.2) is 11.6 Å². The molecule has 1 aromatic carbocycles. The molecule has 0 aliphatic heterocycles. The minimum absolute atomic E-state index is 0.553. The lowest BCUT2D eigenvalue weighted by Gasteiger charge is -2.05. The quantitative estimate of drug-likeness (QED) is 0.597. The highest BCUT2D eigenvalue weighted by atomic mass is 32.1. The van der Waals surface area contributed by atoms with Gasteiger partial charge in [-0.15, -0.1) is 0 Å². The lowest BCUT2D eigenvalue weighted by Crippen LogP contribution is -2.09. The molecule has 0 atom stereocenters. The van der Waals surface area contributed by atoms with E-state index in [2.05, 4.69) is 6.92 Å². The van der Waals surface area contributed by atoms with Gasteiger partial charge in [-0.1, -0.05) is 29.9 Å². The molecule has 0 unspecified atom stereocenters. The summed E-state index contributed by atoms with van der Waals surface area (Å²) in [5.74, 6) is 0.901. The molecule has 0 saturated carbocycles. The number of rotatable bonds is 5. The highest BCUT2D eigenvalue weighted by Gasteiger charge is 1.94. The van der Waals surface area contributed by atoms with Gasteiger partial charge in [-0.05, 0) is 25.5 Å². The van der Waals surface area contributed by atoms with E-state index in [0.29, 0.717) is 11.6 Å². The second-order valence-electron chi connectivity index (χ2n) is 3.23. The first kappa shape index (κ1) is 11.0. The molecule has 2 N–H and O–H groups in total. The van der Waals surface area contributed by atoms with Gasteiger partial charge >= 0.3 is 0 Å². The summed E-state index contributed by atoms with van der Waals surface area (Å²) in [7, 11) is 0. The number of benzene rings is 1. The van der Waals surface area contributed by atoms with Crippen molar-refractivity contribution in [1.82, 2.24) is 0 Å². The number of nitrogens with two attached hydrogens (primary N) is 1. The first-order valence-corrected chi connectivity index (χ1v) is 5.07. The van der Waals surface area contributed by atoms with Crippen molar-refractivity contribution >= 4 is 17.2 Å². The maximum absolute atomic E-state index is 5.50. The van der Waals surface area contributed by atoms with Crippen molar-refractivity contribution in [2.24, 2.45) is 5.73 Å². The second-order valence-corrected chi connectivity index (χ2v) is 3.76. The molecule has 2 nitrogen and oxygen atoms in total. The molecule has 14 heavy (non-hydrogen) atoms. The predicted octanol–water partition coefficient (Wildman–Crippen LogP) is 2.44. The van der Waals surface area contributed by atoms with Crippen molar-refractivity contribution in [2.45, 2.75) is 19.8 Å². The second kappa shape index (κ2) is 5.60. The van der Waals surface area contributed by atoms with Gasteiger partial charge in [0.1, 0.15) is 5.75 Å². The van der Waals surface area contributed by atoms with Gasteiger partial charge in [0, 0.05) is 6.42 Å². The SMILES string of the molecule is Cc1ccc(OCCCC(N)=S)cc1. The topological polar surface area (TPSA) is 35.2 Å². The standard InChI is InChI=1S/C11H15NOS/c1-9-4-6-10(7-5-9)13-8-2-3-11(12)14/h4-7H,2-3,8H2,1H3,(H2,12,14). The molecule has 0 spiro atoms. The molecule has 76 valence electrons. The number of aryl methyl sites for hydroxylation is 1. The van der Waals surface area contributed by atoms with Gasteiger partial charge in [-0.3, -0.25) is 0 Å². The molecule has 0 fully saturated rings. The molecule has 0 radical (unpaired) electrons. The molecule has 0 heterocycles. The number of thiocarbonyl (C=S) groups is 1. The normalized spacial score (nSPS) is 9.79. The maximum atomic E-state index is 5.50. The molecule has 1 aromatic rings. The van der Waals surface area contributed by atoms with Crippen LogP contribution < -0.4 is 10.5 Å². The van der Waals surface area contributed by atoms with Crippen LogP contribution in [0.25, 0.3) is 0 Å². The summed E-state index contributed by atoms with van der Waals surface area (Å²) in [5, 5.41) is 0. The largest absolute Gasteiger partial charge is 0.494 e. The lowest BCUT2D eigenvalue weighted by molar-refractivity contribution is 0.313. The summed E-state index contributed by atoms with van der Waals surface area (Å²) in [4.78, 5) is 0.553. The fourth-order valence-electron chi connectivity index (χ4n) is 1.07. The van der Waals surface area contributed by atoms with Gasteiger partial charge in [-0.2, -0.15) is 0 Å². The summed E-state index contributed by atoms with van der Waals surface area (Å²) in [6, 6.07) is 8.00. The van der Waals surface area contributed by atoms with Crippen molar-refractivity contribution in [2.75, 3.05) is 6.61 Å². The summed E-state index contributed by atoms with van der Waals surface area (Å²) in [6.45, 7) is 2.72. The molecule has 0 bridgehead atoms. The van der Waals surface area contributed by atoms with Crippen LogP contribution in [-0.2, 0) is 0 Å². The zero-order valence-electron chi connectivity index (χ0n) is 8.32. The van der Waals surface area contributed by atoms with E-state index in [4.69, 9.17) is 22.7 Å². The van der Waals surface area contributed by atoms with Crippen LogP contribution in [0.2, 0.25) is 0 Å². The van der Waals surface area contributed by atoms with Gasteiger partial charge in [0.25, 0.3) is 0 Å². The Morgan fingerprint density at radius 1 is 1.36 bits per heavy atom. The Morgan fingerprint density at radius 3 is 2.57 bits per heavy atom. The Labute approximate surface area is 90.1 Å². The third-order valence-corrected chi connectivity index (χ3v) is 2.06. The summed E-state index contributed by atoms with van der Waals surface area (Å²) >= 11 is 4.76. The van der Waals surface area contributed by atoms with Crippen LogP contribution in [0.5, 0.6) is 5.75 Å². The summed E-state index contributed by atoms with van der Waals surface area (Å²) < 4.78 is 5.50. The molecule has 0 aromatic heterocycles. The molecule has 1 rings (SSSR count). The first-order valence-electron chi connectivity index (χ1n) is 4.66. The summed E-state index contributed by atoms with van der Waals surface area (Å²) in [5.41, 5.74) is 6.60. The van der Waals surface area contributed by atoms with Crippen molar-refractivity contribution in [3.63, 3.8) is 0 Å². The molecular weight excluding hydrogens is 194 g/mol. The van der Waals surface area contributed by atoms with E-state index in [0.717, 1.165) is 18.6 Å². The molecule has 0 saturated heterocycles. The van der Waals surface area contributed by atoms with Crippen molar-refractivity contribution < 1.29 is 4.74 Å². The van der Waals surface area contributed by atoms with E-state index >= 15 is 0 Å². The van der Waals surface area contributed by atoms with Crippen LogP contribution in [0.1, 0.15) is 18.4 Å². The van der Waals surface area contributed by atoms with E-state index in [9.17, 15) is 0 Å². The third kappa shape index (κ3) is 4.23. The lowest BCUT2D eigenvalue weighted by atomic mass is 10.2. The van der Waals surface area contributed by atoms with Gasteiger partial charge < -0.3 is 10.5 Å². The van der Waals surface area contributed by atoms with Crippen molar-refractivity contribution in [1.29, 1.82) is 0 Å². The monoisotopic (exact) mass is 209 g/mol. The number of hydrogen-bond donors (Lipinski definition) is 1. The smallest absolute Gasteiger partial charge is 0.119 e. The molecular formula is C11H15NOS. The van der Waals surface area contributed by atoms with Crippen LogP contribution in [0.3, 0.4) is 0 Å². The van der Waals surface area contributed by atoms with E-state index in [-0.39, 0.29) is 0 Å². The zero-order valence-corrected chi connectivity index (χ0v) is 9.14. The molecule has 0 aliphatic rings. The Morgan fingerprint density at radius 2 is 2.00 bits per heavy atom. The Bertz CT molecular complexity index is 295. The van der Waals surface area contributed by atoms with E-state index in [1.165, 1.54) is 5.56 Å². The van der Waals surface area contributed by atoms with E-state index < -0.39 is 0 Å².